The van der Waals surface area contributed by atoms with E-state index in [1.54, 1.807) is 6.07 Å². The number of amides is 1. The Morgan fingerprint density at radius 1 is 1.16 bits per heavy atom. The second kappa shape index (κ2) is 13.3. The largest absolute Gasteiger partial charge is 0.494 e. The molecule has 1 fully saturated rings. The number of aromatic nitrogens is 3. The highest BCUT2D eigenvalue weighted by Crippen LogP contribution is 2.40. The molecule has 1 atom stereocenters. The van der Waals surface area contributed by atoms with Crippen molar-refractivity contribution in [3.63, 3.8) is 0 Å². The molecular weight excluding hydrogens is 562 g/mol. The van der Waals surface area contributed by atoms with Crippen molar-refractivity contribution in [1.82, 2.24) is 19.9 Å². The summed E-state index contributed by atoms with van der Waals surface area (Å²) in [7, 11) is 5.48. The van der Waals surface area contributed by atoms with Gasteiger partial charge in [-0.05, 0) is 46.2 Å². The van der Waals surface area contributed by atoms with Crippen LogP contribution in [0.5, 0.6) is 5.75 Å². The summed E-state index contributed by atoms with van der Waals surface area (Å²) in [5.41, 5.74) is 0.379. The molecule has 4 N–H and O–H groups in total. The molecule has 43 heavy (non-hydrogen) atoms. The second-order valence-corrected chi connectivity index (χ2v) is 10.7. The zero-order chi connectivity index (χ0) is 31.3. The summed E-state index contributed by atoms with van der Waals surface area (Å²) in [5.74, 6) is -2.05. The van der Waals surface area contributed by atoms with Crippen LogP contribution in [0.2, 0.25) is 0 Å². The fourth-order valence-electron chi connectivity index (χ4n) is 4.72. The van der Waals surface area contributed by atoms with Crippen LogP contribution in [0.3, 0.4) is 0 Å². The van der Waals surface area contributed by atoms with Crippen LogP contribution in [0.25, 0.3) is 0 Å². The molecule has 0 spiro atoms. The number of morpholine rings is 1. The molecule has 2 heterocycles. The zero-order valence-corrected chi connectivity index (χ0v) is 24.7. The Labute approximate surface area is 248 Å². The van der Waals surface area contributed by atoms with Gasteiger partial charge >= 0.3 is 0 Å². The summed E-state index contributed by atoms with van der Waals surface area (Å²) in [6, 6.07) is 5.38. The Kier molecular flexibility index (Phi) is 9.73. The first-order valence-electron chi connectivity index (χ1n) is 13.5. The van der Waals surface area contributed by atoms with Crippen molar-refractivity contribution >= 4 is 40.6 Å². The van der Waals surface area contributed by atoms with Crippen molar-refractivity contribution in [3.8, 4) is 5.75 Å². The average molecular weight is 599 g/mol. The van der Waals surface area contributed by atoms with Gasteiger partial charge < -0.3 is 40.3 Å². The van der Waals surface area contributed by atoms with Crippen LogP contribution in [-0.4, -0.2) is 84.4 Å². The van der Waals surface area contributed by atoms with Crippen LogP contribution in [0.4, 0.5) is 43.4 Å². The van der Waals surface area contributed by atoms with Crippen LogP contribution in [-0.2, 0) is 15.1 Å². The third kappa shape index (κ3) is 7.71. The lowest BCUT2D eigenvalue weighted by atomic mass is 9.96. The summed E-state index contributed by atoms with van der Waals surface area (Å²) in [4.78, 5) is 29.2. The molecule has 0 unspecified atom stereocenters. The van der Waals surface area contributed by atoms with Gasteiger partial charge in [0, 0.05) is 30.8 Å². The summed E-state index contributed by atoms with van der Waals surface area (Å²) < 4.78 is 39.5. The molecule has 0 aliphatic carbocycles. The van der Waals surface area contributed by atoms with Crippen LogP contribution in [0.15, 0.2) is 43.2 Å². The average Bonchev–Trinajstić information content (AvgIpc) is 2.94. The Bertz CT molecular complexity index is 1480. The number of rotatable bonds is 11. The monoisotopic (exact) mass is 598 g/mol. The standard InChI is InChI=1S/C29H36F2N8O4/c1-7-26(40)34-22-12-23(25(42-6)13-24(22)39-8-9-43-15-17(39)14-38(4)5)36-28-33-16-32-27(37-28)35-21-11-20(31)19(30)10-18(21)29(2,3)41/h7,10-13,16-17,41H,1,8-9,14-15H2,2-6H3,(H,34,40)(H2,32,33,35,36,37)/t17-/m0/s1. The smallest absolute Gasteiger partial charge is 0.247 e. The van der Waals surface area contributed by atoms with Gasteiger partial charge in [0.25, 0.3) is 0 Å². The molecule has 4 rings (SSSR count). The van der Waals surface area contributed by atoms with Gasteiger partial charge in [-0.1, -0.05) is 6.58 Å². The minimum absolute atomic E-state index is 0.00428. The molecule has 1 aromatic heterocycles. The fourth-order valence-corrected chi connectivity index (χ4v) is 4.72. The minimum Gasteiger partial charge on any atom is -0.494 e. The van der Waals surface area contributed by atoms with E-state index < -0.39 is 23.1 Å². The van der Waals surface area contributed by atoms with Crippen molar-refractivity contribution < 1.29 is 28.2 Å². The van der Waals surface area contributed by atoms with Crippen LogP contribution in [0, 0.1) is 11.6 Å². The lowest BCUT2D eigenvalue weighted by molar-refractivity contribution is -0.111. The molecule has 0 bridgehead atoms. The molecule has 14 heteroatoms. The molecule has 12 nitrogen and oxygen atoms in total. The van der Waals surface area contributed by atoms with E-state index in [2.05, 4.69) is 47.3 Å². The zero-order valence-electron chi connectivity index (χ0n) is 24.7. The molecule has 0 radical (unpaired) electrons. The number of hydrogen-bond acceptors (Lipinski definition) is 11. The van der Waals surface area contributed by atoms with Crippen LogP contribution < -0.4 is 25.6 Å². The van der Waals surface area contributed by atoms with E-state index in [4.69, 9.17) is 9.47 Å². The topological polar surface area (TPSA) is 137 Å². The summed E-state index contributed by atoms with van der Waals surface area (Å²) in [5, 5.41) is 19.3. The number of benzene rings is 2. The first-order valence-corrected chi connectivity index (χ1v) is 13.5. The number of methoxy groups -OCH3 is 1. The van der Waals surface area contributed by atoms with E-state index in [0.29, 0.717) is 36.9 Å². The van der Waals surface area contributed by atoms with E-state index in [-0.39, 0.29) is 29.2 Å². The van der Waals surface area contributed by atoms with Gasteiger partial charge in [0.05, 0.1) is 54.7 Å². The first kappa shape index (κ1) is 31.5. The van der Waals surface area contributed by atoms with Crippen molar-refractivity contribution in [2.45, 2.75) is 25.5 Å². The van der Waals surface area contributed by atoms with Gasteiger partial charge in [-0.25, -0.2) is 18.7 Å². The van der Waals surface area contributed by atoms with Gasteiger partial charge in [0.2, 0.25) is 17.8 Å². The number of nitrogens with one attached hydrogen (secondary N) is 3. The summed E-state index contributed by atoms with van der Waals surface area (Å²) in [6.07, 6.45) is 2.41. The van der Waals surface area contributed by atoms with E-state index in [9.17, 15) is 18.7 Å². The molecule has 230 valence electrons. The van der Waals surface area contributed by atoms with Gasteiger partial charge in [0.1, 0.15) is 12.1 Å². The third-order valence-corrected chi connectivity index (χ3v) is 6.66. The van der Waals surface area contributed by atoms with Crippen molar-refractivity contribution in [3.05, 3.63) is 60.4 Å². The van der Waals surface area contributed by atoms with E-state index in [1.807, 2.05) is 20.2 Å². The Balaban J connectivity index is 1.69. The molecule has 2 aromatic carbocycles. The maximum absolute atomic E-state index is 14.1. The normalized spacial score (nSPS) is 15.3. The maximum Gasteiger partial charge on any atom is 0.247 e. The van der Waals surface area contributed by atoms with Crippen LogP contribution >= 0.6 is 0 Å². The first-order chi connectivity index (χ1) is 20.4. The highest BCUT2D eigenvalue weighted by Gasteiger charge is 2.28. The molecule has 0 saturated carbocycles. The molecular formula is C29H36F2N8O4. The third-order valence-electron chi connectivity index (χ3n) is 6.66. The number of hydrogen-bond donors (Lipinski definition) is 4. The number of carbonyl (C=O) groups is 1. The lowest BCUT2D eigenvalue weighted by Gasteiger charge is -2.39. The number of aliphatic hydroxyl groups is 1. The molecule has 1 aliphatic heterocycles. The molecule has 1 amide bonds. The van der Waals surface area contributed by atoms with Gasteiger partial charge in [-0.3, -0.25) is 4.79 Å². The SMILES string of the molecule is C=CC(=O)Nc1cc(Nc2ncnc(Nc3cc(F)c(F)cc3C(C)(C)O)n2)c(OC)cc1N1CCOC[C@@H]1CN(C)C. The van der Waals surface area contributed by atoms with E-state index >= 15 is 0 Å². The molecule has 1 aliphatic rings. The number of halogens is 2. The maximum atomic E-state index is 14.1. The van der Waals surface area contributed by atoms with E-state index in [0.717, 1.165) is 24.4 Å². The Hall–Kier alpha value is -4.40. The van der Waals surface area contributed by atoms with Crippen molar-refractivity contribution in [1.29, 1.82) is 0 Å². The fraction of sp³-hybridized carbons (Fsp3) is 0.379. The predicted molar refractivity (Wildman–Crippen MR) is 160 cm³/mol. The second-order valence-electron chi connectivity index (χ2n) is 10.7. The van der Waals surface area contributed by atoms with Gasteiger partial charge in [0.15, 0.2) is 11.6 Å². The Morgan fingerprint density at radius 2 is 1.84 bits per heavy atom. The summed E-state index contributed by atoms with van der Waals surface area (Å²) in [6.45, 7) is 8.83. The van der Waals surface area contributed by atoms with E-state index in [1.165, 1.54) is 33.4 Å². The number of ether oxygens (including phenoxy) is 2. The lowest BCUT2D eigenvalue weighted by Crippen LogP contribution is -2.50. The van der Waals surface area contributed by atoms with Crippen molar-refractivity contribution in [2.24, 2.45) is 0 Å². The molecule has 1 saturated heterocycles. The number of likely N-dealkylation sites (N-methyl/N-ethyl adjacent to an activating group) is 1. The quantitative estimate of drug-likeness (QED) is 0.240. The van der Waals surface area contributed by atoms with Crippen LogP contribution in [0.1, 0.15) is 19.4 Å². The molecule has 3 aromatic rings. The number of nitrogens with zero attached hydrogens (tertiary/aromatic N) is 5. The van der Waals surface area contributed by atoms with Crippen molar-refractivity contribution in [2.75, 3.05) is 68.4 Å². The summed E-state index contributed by atoms with van der Waals surface area (Å²) >= 11 is 0. The minimum atomic E-state index is -1.49. The van der Waals surface area contributed by atoms with Gasteiger partial charge in [-0.15, -0.1) is 0 Å². The van der Waals surface area contributed by atoms with Gasteiger partial charge in [-0.2, -0.15) is 4.98 Å². The Morgan fingerprint density at radius 3 is 2.47 bits per heavy atom. The highest BCUT2D eigenvalue weighted by molar-refractivity contribution is 6.02. The predicted octanol–water partition coefficient (Wildman–Crippen LogP) is 3.76. The number of anilines is 6. The number of carbonyl (C=O) groups excluding carboxylic acids is 1. The highest BCUT2D eigenvalue weighted by atomic mass is 19.2.